The molecular weight excluding hydrogens is 186 g/mol. The van der Waals surface area contributed by atoms with E-state index in [4.69, 9.17) is 10.5 Å². The van der Waals surface area contributed by atoms with E-state index in [1.54, 1.807) is 0 Å². The molecule has 0 aliphatic rings. The van der Waals surface area contributed by atoms with Crippen LogP contribution in [-0.2, 0) is 0 Å². The van der Waals surface area contributed by atoms with Gasteiger partial charge in [0.1, 0.15) is 5.75 Å². The van der Waals surface area contributed by atoms with Crippen LogP contribution in [0.3, 0.4) is 0 Å². The molecule has 1 aromatic carbocycles. The van der Waals surface area contributed by atoms with Crippen LogP contribution in [0.2, 0.25) is 0 Å². The quantitative estimate of drug-likeness (QED) is 0.750. The van der Waals surface area contributed by atoms with E-state index >= 15 is 0 Å². The minimum Gasteiger partial charge on any atom is -0.494 e. The fourth-order valence-corrected chi connectivity index (χ4v) is 1.47. The number of ether oxygens (including phenoxy) is 1. The van der Waals surface area contributed by atoms with Crippen LogP contribution in [0.15, 0.2) is 36.4 Å². The molecule has 2 N–H and O–H groups in total. The van der Waals surface area contributed by atoms with E-state index in [-0.39, 0.29) is 6.04 Å². The molecule has 0 heterocycles. The molecule has 82 valence electrons. The third kappa shape index (κ3) is 3.76. The lowest BCUT2D eigenvalue weighted by atomic mass is 10.0. The highest BCUT2D eigenvalue weighted by molar-refractivity contribution is 5.29. The average Bonchev–Trinajstić information content (AvgIpc) is 2.18. The normalized spacial score (nSPS) is 12.2. The van der Waals surface area contributed by atoms with Crippen LogP contribution in [0.25, 0.3) is 0 Å². The van der Waals surface area contributed by atoms with Crippen LogP contribution in [0.4, 0.5) is 0 Å². The zero-order valence-electron chi connectivity index (χ0n) is 9.49. The molecule has 0 saturated carbocycles. The van der Waals surface area contributed by atoms with Crippen molar-refractivity contribution in [1.29, 1.82) is 0 Å². The van der Waals surface area contributed by atoms with Gasteiger partial charge in [0.15, 0.2) is 0 Å². The van der Waals surface area contributed by atoms with Crippen LogP contribution in [0, 0.1) is 0 Å². The summed E-state index contributed by atoms with van der Waals surface area (Å²) < 4.78 is 5.36. The van der Waals surface area contributed by atoms with Crippen LogP contribution in [0.1, 0.15) is 31.9 Å². The number of benzene rings is 1. The summed E-state index contributed by atoms with van der Waals surface area (Å²) in [6, 6.07) is 7.98. The lowest BCUT2D eigenvalue weighted by Crippen LogP contribution is -2.10. The fourth-order valence-electron chi connectivity index (χ4n) is 1.47. The molecule has 2 heteroatoms. The van der Waals surface area contributed by atoms with Gasteiger partial charge in [-0.25, -0.2) is 0 Å². The Balaban J connectivity index is 2.66. The largest absolute Gasteiger partial charge is 0.494 e. The van der Waals surface area contributed by atoms with Gasteiger partial charge in [-0.3, -0.25) is 0 Å². The van der Waals surface area contributed by atoms with Crippen molar-refractivity contribution in [2.75, 3.05) is 6.61 Å². The smallest absolute Gasteiger partial charge is 0.119 e. The van der Waals surface area contributed by atoms with Crippen LogP contribution >= 0.6 is 0 Å². The van der Waals surface area contributed by atoms with E-state index in [0.717, 1.165) is 23.3 Å². The monoisotopic (exact) mass is 205 g/mol. The van der Waals surface area contributed by atoms with Gasteiger partial charge < -0.3 is 10.5 Å². The maximum Gasteiger partial charge on any atom is 0.119 e. The first-order valence-electron chi connectivity index (χ1n) is 5.26. The average molecular weight is 205 g/mol. The van der Waals surface area contributed by atoms with Crippen LogP contribution < -0.4 is 10.5 Å². The Labute approximate surface area is 91.7 Å². The summed E-state index contributed by atoms with van der Waals surface area (Å²) in [5.41, 5.74) is 8.25. The van der Waals surface area contributed by atoms with Gasteiger partial charge in [-0.1, -0.05) is 17.7 Å². The van der Waals surface area contributed by atoms with E-state index in [9.17, 15) is 0 Å². The van der Waals surface area contributed by atoms with Crippen molar-refractivity contribution in [1.82, 2.24) is 0 Å². The van der Waals surface area contributed by atoms with Crippen LogP contribution in [0.5, 0.6) is 5.75 Å². The molecule has 1 rings (SSSR count). The van der Waals surface area contributed by atoms with Gasteiger partial charge in [-0.15, -0.1) is 6.58 Å². The third-order valence-electron chi connectivity index (χ3n) is 2.19. The van der Waals surface area contributed by atoms with Crippen molar-refractivity contribution in [2.24, 2.45) is 5.73 Å². The maximum absolute atomic E-state index is 6.02. The first-order chi connectivity index (χ1) is 7.13. The Kier molecular flexibility index (Phi) is 4.37. The number of hydrogen-bond donors (Lipinski definition) is 1. The molecule has 0 bridgehead atoms. The molecule has 0 fully saturated rings. The first kappa shape index (κ1) is 11.8. The molecule has 1 atom stereocenters. The summed E-state index contributed by atoms with van der Waals surface area (Å²) in [5.74, 6) is 0.892. The minimum absolute atomic E-state index is 0.0400. The molecule has 0 unspecified atom stereocenters. The fraction of sp³-hybridized carbons (Fsp3) is 0.385. The number of rotatable bonds is 5. The molecule has 0 aliphatic carbocycles. The molecule has 1 aromatic rings. The highest BCUT2D eigenvalue weighted by Gasteiger charge is 2.05. The summed E-state index contributed by atoms with van der Waals surface area (Å²) in [6.45, 7) is 8.52. The predicted molar refractivity (Wildman–Crippen MR) is 64.0 cm³/mol. The molecule has 15 heavy (non-hydrogen) atoms. The van der Waals surface area contributed by atoms with Gasteiger partial charge in [-0.2, -0.15) is 0 Å². The molecule has 0 amide bonds. The second kappa shape index (κ2) is 5.56. The van der Waals surface area contributed by atoms with E-state index in [0.29, 0.717) is 6.61 Å². The summed E-state index contributed by atoms with van der Waals surface area (Å²) in [6.07, 6.45) is 0.827. The standard InChI is InChI=1S/C13H19NO/c1-4-15-12-7-5-11(6-8-12)13(14)9-10(2)3/h5-8,13H,2,4,9,14H2,1,3H3/t13-/m0/s1. The molecule has 0 aromatic heterocycles. The van der Waals surface area contributed by atoms with E-state index < -0.39 is 0 Å². The van der Waals surface area contributed by atoms with E-state index in [1.807, 2.05) is 38.1 Å². The molecule has 2 nitrogen and oxygen atoms in total. The van der Waals surface area contributed by atoms with Crippen molar-refractivity contribution in [3.05, 3.63) is 42.0 Å². The minimum atomic E-state index is 0.0400. The highest BCUT2D eigenvalue weighted by Crippen LogP contribution is 2.20. The Bertz CT molecular complexity index is 316. The summed E-state index contributed by atoms with van der Waals surface area (Å²) >= 11 is 0. The van der Waals surface area contributed by atoms with E-state index in [2.05, 4.69) is 6.58 Å². The summed E-state index contributed by atoms with van der Waals surface area (Å²) in [4.78, 5) is 0. The Morgan fingerprint density at radius 3 is 2.47 bits per heavy atom. The zero-order chi connectivity index (χ0) is 11.3. The van der Waals surface area contributed by atoms with Crippen molar-refractivity contribution in [3.8, 4) is 5.75 Å². The van der Waals surface area contributed by atoms with Crippen molar-refractivity contribution < 1.29 is 4.74 Å². The van der Waals surface area contributed by atoms with Crippen molar-refractivity contribution in [2.45, 2.75) is 26.3 Å². The topological polar surface area (TPSA) is 35.2 Å². The molecular formula is C13H19NO. The zero-order valence-corrected chi connectivity index (χ0v) is 9.49. The van der Waals surface area contributed by atoms with Gasteiger partial charge in [0.25, 0.3) is 0 Å². The number of hydrogen-bond acceptors (Lipinski definition) is 2. The summed E-state index contributed by atoms with van der Waals surface area (Å²) in [5, 5.41) is 0. The first-order valence-corrected chi connectivity index (χ1v) is 5.26. The van der Waals surface area contributed by atoms with Crippen LogP contribution in [-0.4, -0.2) is 6.61 Å². The Hall–Kier alpha value is -1.28. The maximum atomic E-state index is 6.02. The van der Waals surface area contributed by atoms with E-state index in [1.165, 1.54) is 0 Å². The van der Waals surface area contributed by atoms with Gasteiger partial charge >= 0.3 is 0 Å². The Morgan fingerprint density at radius 1 is 1.40 bits per heavy atom. The Morgan fingerprint density at radius 2 is 2.00 bits per heavy atom. The lowest BCUT2D eigenvalue weighted by Gasteiger charge is -2.12. The van der Waals surface area contributed by atoms with Gasteiger partial charge in [-0.05, 0) is 38.0 Å². The second-order valence-corrected chi connectivity index (χ2v) is 3.77. The number of nitrogens with two attached hydrogens (primary N) is 1. The second-order valence-electron chi connectivity index (χ2n) is 3.77. The third-order valence-corrected chi connectivity index (χ3v) is 2.19. The summed E-state index contributed by atoms with van der Waals surface area (Å²) in [7, 11) is 0. The van der Waals surface area contributed by atoms with Gasteiger partial charge in [0.05, 0.1) is 6.61 Å². The molecule has 0 radical (unpaired) electrons. The molecule has 0 saturated heterocycles. The predicted octanol–water partition coefficient (Wildman–Crippen LogP) is 3.05. The van der Waals surface area contributed by atoms with Gasteiger partial charge in [0.2, 0.25) is 0 Å². The van der Waals surface area contributed by atoms with Gasteiger partial charge in [0, 0.05) is 6.04 Å². The SMILES string of the molecule is C=C(C)C[C@H](N)c1ccc(OCC)cc1. The van der Waals surface area contributed by atoms with Crippen molar-refractivity contribution in [3.63, 3.8) is 0 Å². The van der Waals surface area contributed by atoms with Crippen molar-refractivity contribution >= 4 is 0 Å². The highest BCUT2D eigenvalue weighted by atomic mass is 16.5. The molecule has 0 spiro atoms. The molecule has 0 aliphatic heterocycles. The lowest BCUT2D eigenvalue weighted by molar-refractivity contribution is 0.340.